The highest BCUT2D eigenvalue weighted by Gasteiger charge is 2.29. The average Bonchev–Trinajstić information content (AvgIpc) is 3.01. The summed E-state index contributed by atoms with van der Waals surface area (Å²) >= 11 is 17.3. The van der Waals surface area contributed by atoms with E-state index in [1.54, 1.807) is 6.07 Å². The number of rotatable bonds is 2. The van der Waals surface area contributed by atoms with E-state index in [1.165, 1.54) is 0 Å². The number of benzene rings is 1. The summed E-state index contributed by atoms with van der Waals surface area (Å²) in [6.45, 7) is 0. The van der Waals surface area contributed by atoms with Crippen molar-refractivity contribution in [2.24, 2.45) is 0 Å². The maximum absolute atomic E-state index is 6.00. The lowest BCUT2D eigenvalue weighted by Crippen LogP contribution is -2.00. The molecule has 1 heterocycles. The van der Waals surface area contributed by atoms with Crippen LogP contribution >= 0.6 is 35.4 Å². The number of hydrogen-bond acceptors (Lipinski definition) is 2. The van der Waals surface area contributed by atoms with E-state index in [0.717, 1.165) is 24.4 Å². The quantitative estimate of drug-likeness (QED) is 0.843. The second-order valence-corrected chi connectivity index (χ2v) is 5.38. The van der Waals surface area contributed by atoms with E-state index in [-0.39, 0.29) is 0 Å². The molecule has 1 N–H and O–H groups in total. The van der Waals surface area contributed by atoms with Crippen LogP contribution in [0.4, 0.5) is 0 Å². The predicted octanol–water partition coefficient (Wildman–Crippen LogP) is 4.11. The second-order valence-electron chi connectivity index (χ2n) is 4.12. The van der Waals surface area contributed by atoms with E-state index in [9.17, 15) is 0 Å². The molecule has 3 rings (SSSR count). The molecule has 1 aromatic carbocycles. The maximum Gasteiger partial charge on any atom is 0.199 e. The van der Waals surface area contributed by atoms with Gasteiger partial charge in [0.2, 0.25) is 0 Å². The fourth-order valence-electron chi connectivity index (χ4n) is 1.84. The van der Waals surface area contributed by atoms with Crippen LogP contribution in [0.2, 0.25) is 10.0 Å². The minimum absolute atomic E-state index is 0.501. The van der Waals surface area contributed by atoms with E-state index >= 15 is 0 Å². The van der Waals surface area contributed by atoms with E-state index in [0.29, 0.717) is 20.7 Å². The fourth-order valence-corrected chi connectivity index (χ4v) is 2.60. The smallest absolute Gasteiger partial charge is 0.199 e. The molecule has 1 aliphatic carbocycles. The van der Waals surface area contributed by atoms with Gasteiger partial charge in [-0.2, -0.15) is 5.10 Å². The van der Waals surface area contributed by atoms with Crippen molar-refractivity contribution in [1.29, 1.82) is 0 Å². The molecule has 0 aliphatic heterocycles. The maximum atomic E-state index is 6.00. The molecule has 1 saturated carbocycles. The summed E-state index contributed by atoms with van der Waals surface area (Å²) < 4.78 is 2.48. The summed E-state index contributed by atoms with van der Waals surface area (Å²) in [7, 11) is 0. The zero-order valence-electron chi connectivity index (χ0n) is 8.78. The Labute approximate surface area is 113 Å². The normalized spacial score (nSPS) is 15.2. The van der Waals surface area contributed by atoms with Gasteiger partial charge in [-0.05, 0) is 43.3 Å². The zero-order valence-corrected chi connectivity index (χ0v) is 11.1. The van der Waals surface area contributed by atoms with Crippen molar-refractivity contribution in [3.8, 4) is 5.69 Å². The Hall–Kier alpha value is -0.840. The molecule has 1 aromatic heterocycles. The predicted molar refractivity (Wildman–Crippen MR) is 70.7 cm³/mol. The van der Waals surface area contributed by atoms with Crippen LogP contribution in [0.1, 0.15) is 24.6 Å². The zero-order chi connectivity index (χ0) is 12.0. The lowest BCUT2D eigenvalue weighted by atomic mass is 10.3. The van der Waals surface area contributed by atoms with Crippen LogP contribution < -0.4 is 0 Å². The van der Waals surface area contributed by atoms with Crippen LogP contribution in [0.3, 0.4) is 0 Å². The third-order valence-electron chi connectivity index (χ3n) is 2.75. The van der Waals surface area contributed by atoms with Gasteiger partial charge in [0, 0.05) is 16.0 Å². The minimum Gasteiger partial charge on any atom is -0.272 e. The van der Waals surface area contributed by atoms with Gasteiger partial charge in [-0.15, -0.1) is 0 Å². The molecule has 3 nitrogen and oxygen atoms in total. The van der Waals surface area contributed by atoms with Gasteiger partial charge in [0.25, 0.3) is 0 Å². The van der Waals surface area contributed by atoms with Crippen LogP contribution in [-0.2, 0) is 0 Å². The number of H-pyrrole nitrogens is 1. The first kappa shape index (κ1) is 11.3. The van der Waals surface area contributed by atoms with Gasteiger partial charge < -0.3 is 0 Å². The monoisotopic (exact) mass is 285 g/mol. The topological polar surface area (TPSA) is 33.6 Å². The Bertz CT molecular complexity index is 608. The van der Waals surface area contributed by atoms with Crippen molar-refractivity contribution in [2.45, 2.75) is 18.8 Å². The lowest BCUT2D eigenvalue weighted by Gasteiger charge is -2.07. The summed E-state index contributed by atoms with van der Waals surface area (Å²) in [6.07, 6.45) is 2.32. The van der Waals surface area contributed by atoms with Crippen LogP contribution in [0.25, 0.3) is 5.69 Å². The lowest BCUT2D eigenvalue weighted by molar-refractivity contribution is 0.869. The molecule has 0 bridgehead atoms. The van der Waals surface area contributed by atoms with Crippen molar-refractivity contribution in [2.75, 3.05) is 0 Å². The van der Waals surface area contributed by atoms with E-state index in [2.05, 4.69) is 10.2 Å². The SMILES string of the molecule is S=c1[nH]nc(C2CC2)n1-c1cc(Cl)cc(Cl)c1. The Morgan fingerprint density at radius 1 is 1.24 bits per heavy atom. The molecule has 0 saturated heterocycles. The van der Waals surface area contributed by atoms with Crippen molar-refractivity contribution < 1.29 is 0 Å². The Balaban J connectivity index is 2.20. The number of hydrogen-bond donors (Lipinski definition) is 1. The van der Waals surface area contributed by atoms with Crippen molar-refractivity contribution in [1.82, 2.24) is 14.8 Å². The van der Waals surface area contributed by atoms with Gasteiger partial charge in [0.1, 0.15) is 5.82 Å². The summed E-state index contributed by atoms with van der Waals surface area (Å²) in [5.74, 6) is 1.47. The molecule has 1 aliphatic rings. The minimum atomic E-state index is 0.501. The first-order chi connectivity index (χ1) is 8.15. The Morgan fingerprint density at radius 3 is 2.47 bits per heavy atom. The molecular formula is C11H9Cl2N3S. The van der Waals surface area contributed by atoms with Gasteiger partial charge in [0.05, 0.1) is 5.69 Å². The summed E-state index contributed by atoms with van der Waals surface area (Å²) in [4.78, 5) is 0. The largest absolute Gasteiger partial charge is 0.272 e. The number of nitrogens with one attached hydrogen (secondary N) is 1. The molecule has 17 heavy (non-hydrogen) atoms. The van der Waals surface area contributed by atoms with Gasteiger partial charge in [-0.3, -0.25) is 9.67 Å². The number of aromatic amines is 1. The van der Waals surface area contributed by atoms with E-state index in [4.69, 9.17) is 35.4 Å². The molecule has 0 amide bonds. The molecule has 6 heteroatoms. The summed E-state index contributed by atoms with van der Waals surface area (Å²) in [5, 5.41) is 8.29. The molecule has 2 aromatic rings. The van der Waals surface area contributed by atoms with Crippen molar-refractivity contribution in [3.63, 3.8) is 0 Å². The fraction of sp³-hybridized carbons (Fsp3) is 0.273. The highest BCUT2D eigenvalue weighted by Crippen LogP contribution is 2.40. The molecule has 0 unspecified atom stereocenters. The highest BCUT2D eigenvalue weighted by atomic mass is 35.5. The standard InChI is InChI=1S/C11H9Cl2N3S/c12-7-3-8(13)5-9(4-7)16-10(6-1-2-6)14-15-11(16)17/h3-6H,1-2H2,(H,15,17). The van der Waals surface area contributed by atoms with E-state index < -0.39 is 0 Å². The summed E-state index contributed by atoms with van der Waals surface area (Å²) in [5.41, 5.74) is 0.864. The number of aromatic nitrogens is 3. The Morgan fingerprint density at radius 2 is 1.88 bits per heavy atom. The van der Waals surface area contributed by atoms with Gasteiger partial charge >= 0.3 is 0 Å². The van der Waals surface area contributed by atoms with E-state index in [1.807, 2.05) is 16.7 Å². The second kappa shape index (κ2) is 4.12. The van der Waals surface area contributed by atoms with Gasteiger partial charge in [-0.1, -0.05) is 23.2 Å². The third-order valence-corrected chi connectivity index (χ3v) is 3.46. The Kier molecular flexibility index (Phi) is 2.73. The highest BCUT2D eigenvalue weighted by molar-refractivity contribution is 7.71. The van der Waals surface area contributed by atoms with Crippen LogP contribution in [0.5, 0.6) is 0 Å². The first-order valence-corrected chi connectivity index (χ1v) is 6.45. The summed E-state index contributed by atoms with van der Waals surface area (Å²) in [6, 6.07) is 5.38. The van der Waals surface area contributed by atoms with Crippen LogP contribution in [0, 0.1) is 4.77 Å². The molecule has 1 fully saturated rings. The van der Waals surface area contributed by atoms with Gasteiger partial charge in [-0.25, -0.2) is 0 Å². The average molecular weight is 286 g/mol. The number of nitrogens with zero attached hydrogens (tertiary/aromatic N) is 2. The van der Waals surface area contributed by atoms with Crippen LogP contribution in [0.15, 0.2) is 18.2 Å². The van der Waals surface area contributed by atoms with Crippen LogP contribution in [-0.4, -0.2) is 14.8 Å². The van der Waals surface area contributed by atoms with Crippen molar-refractivity contribution >= 4 is 35.4 Å². The third kappa shape index (κ3) is 2.12. The van der Waals surface area contributed by atoms with Crippen molar-refractivity contribution in [3.05, 3.63) is 38.8 Å². The molecule has 0 atom stereocenters. The van der Waals surface area contributed by atoms with Gasteiger partial charge in [0.15, 0.2) is 4.77 Å². The first-order valence-electron chi connectivity index (χ1n) is 5.29. The molecule has 0 radical (unpaired) electrons. The number of halogens is 2. The molecule has 88 valence electrons. The molecule has 0 spiro atoms. The molecular weight excluding hydrogens is 277 g/mol.